The minimum Gasteiger partial charge on any atom is -0.462 e. The summed E-state index contributed by atoms with van der Waals surface area (Å²) in [4.78, 5) is 28.5. The van der Waals surface area contributed by atoms with Crippen molar-refractivity contribution in [2.24, 2.45) is 23.2 Å². The lowest BCUT2D eigenvalue weighted by Crippen LogP contribution is -3.15. The van der Waals surface area contributed by atoms with E-state index in [1.807, 2.05) is 4.90 Å². The summed E-state index contributed by atoms with van der Waals surface area (Å²) in [7, 11) is 0. The Labute approximate surface area is 178 Å². The average molecular weight is 414 g/mol. The van der Waals surface area contributed by atoms with E-state index in [9.17, 15) is 9.59 Å². The minimum atomic E-state index is -0.0400. The first-order chi connectivity index (χ1) is 14.4. The van der Waals surface area contributed by atoms with E-state index in [-0.39, 0.29) is 29.3 Å². The standard InChI is InChI=1S/C24H32N2O4/c1-16-5-3-7-24(2)14-21-17(13-19(16)24)18(23(28)30-21)15-25-8-10-26(11-9-25)22(27)20-6-4-12-29-20/h4,6,12,17-19,21H,1,3,5,7-11,13-15H2,2H3/p+1/t17-,18-,19-,21+,24-/m0/s1. The van der Waals surface area contributed by atoms with E-state index in [4.69, 9.17) is 9.15 Å². The lowest BCUT2D eigenvalue weighted by atomic mass is 9.55. The van der Waals surface area contributed by atoms with E-state index in [0.717, 1.165) is 38.9 Å². The Kier molecular flexibility index (Phi) is 5.00. The number of hydrogen-bond donors (Lipinski definition) is 1. The van der Waals surface area contributed by atoms with Crippen molar-refractivity contribution in [3.63, 3.8) is 0 Å². The number of amides is 1. The van der Waals surface area contributed by atoms with Crippen LogP contribution in [0.4, 0.5) is 0 Å². The van der Waals surface area contributed by atoms with Gasteiger partial charge in [0.05, 0.1) is 39.0 Å². The Hall–Kier alpha value is -2.08. The quantitative estimate of drug-likeness (QED) is 0.608. The van der Waals surface area contributed by atoms with Gasteiger partial charge in [0.1, 0.15) is 12.0 Å². The van der Waals surface area contributed by atoms with Crippen molar-refractivity contribution in [2.45, 2.75) is 45.1 Å². The van der Waals surface area contributed by atoms with Crippen molar-refractivity contribution >= 4 is 11.9 Å². The third-order valence-corrected chi connectivity index (χ3v) is 8.32. The first-order valence-electron chi connectivity index (χ1n) is 11.5. The molecule has 2 saturated heterocycles. The van der Waals surface area contributed by atoms with Gasteiger partial charge in [0.25, 0.3) is 5.91 Å². The number of ether oxygens (including phenoxy) is 1. The Morgan fingerprint density at radius 1 is 1.37 bits per heavy atom. The Balaban J connectivity index is 1.21. The molecule has 6 nitrogen and oxygen atoms in total. The highest BCUT2D eigenvalue weighted by molar-refractivity contribution is 5.91. The van der Waals surface area contributed by atoms with Gasteiger partial charge in [-0.05, 0) is 55.6 Å². The summed E-state index contributed by atoms with van der Waals surface area (Å²) in [5.41, 5.74) is 1.63. The molecule has 2 saturated carbocycles. The summed E-state index contributed by atoms with van der Waals surface area (Å²) in [6.07, 6.45) is 7.22. The molecule has 0 spiro atoms. The van der Waals surface area contributed by atoms with Crippen molar-refractivity contribution in [1.82, 2.24) is 4.90 Å². The largest absolute Gasteiger partial charge is 0.462 e. The van der Waals surface area contributed by atoms with Gasteiger partial charge >= 0.3 is 5.97 Å². The number of hydrogen-bond acceptors (Lipinski definition) is 4. The molecule has 1 aromatic rings. The average Bonchev–Trinajstić information content (AvgIpc) is 3.35. The van der Waals surface area contributed by atoms with Crippen LogP contribution in [0.1, 0.15) is 49.6 Å². The fourth-order valence-corrected chi connectivity index (χ4v) is 6.59. The number of nitrogens with zero attached hydrogens (tertiary/aromatic N) is 1. The normalized spacial score (nSPS) is 36.9. The molecule has 4 aliphatic rings. The van der Waals surface area contributed by atoms with Crippen LogP contribution in [0, 0.1) is 23.2 Å². The van der Waals surface area contributed by atoms with Crippen LogP contribution in [0.15, 0.2) is 35.0 Å². The molecule has 1 aromatic heterocycles. The first kappa shape index (κ1) is 19.9. The molecule has 2 aliphatic heterocycles. The van der Waals surface area contributed by atoms with E-state index in [2.05, 4.69) is 13.5 Å². The number of esters is 1. The molecule has 162 valence electrons. The third-order valence-electron chi connectivity index (χ3n) is 8.32. The van der Waals surface area contributed by atoms with Gasteiger partial charge in [-0.3, -0.25) is 9.59 Å². The predicted octanol–water partition coefficient (Wildman–Crippen LogP) is 1.93. The molecule has 0 aromatic carbocycles. The van der Waals surface area contributed by atoms with Gasteiger partial charge in [-0.15, -0.1) is 0 Å². The maximum absolute atomic E-state index is 12.8. The summed E-state index contributed by atoms with van der Waals surface area (Å²) in [6.45, 7) is 10.7. The SMILES string of the molecule is C=C1CCC[C@@]2(C)C[C@H]3OC(=O)[C@@H](C[NH+]4CCN(C(=O)c5ccco5)CC4)[C@@H]3C[C@@H]12. The van der Waals surface area contributed by atoms with Crippen LogP contribution in [0.2, 0.25) is 0 Å². The summed E-state index contributed by atoms with van der Waals surface area (Å²) >= 11 is 0. The summed E-state index contributed by atoms with van der Waals surface area (Å²) in [6, 6.07) is 3.46. The van der Waals surface area contributed by atoms with E-state index in [0.29, 0.717) is 30.7 Å². The van der Waals surface area contributed by atoms with E-state index >= 15 is 0 Å². The van der Waals surface area contributed by atoms with Gasteiger partial charge in [-0.2, -0.15) is 0 Å². The van der Waals surface area contributed by atoms with Crippen molar-refractivity contribution < 1.29 is 23.6 Å². The van der Waals surface area contributed by atoms with Crippen molar-refractivity contribution in [2.75, 3.05) is 32.7 Å². The number of nitrogens with one attached hydrogen (secondary N) is 1. The zero-order valence-corrected chi connectivity index (χ0v) is 17.9. The second kappa shape index (κ2) is 7.56. The number of rotatable bonds is 3. The van der Waals surface area contributed by atoms with E-state index < -0.39 is 0 Å². The zero-order valence-electron chi connectivity index (χ0n) is 17.9. The number of piperazine rings is 1. The molecule has 0 radical (unpaired) electrons. The van der Waals surface area contributed by atoms with E-state index in [1.54, 1.807) is 12.1 Å². The number of furan rings is 1. The molecule has 6 heteroatoms. The van der Waals surface area contributed by atoms with Gasteiger partial charge in [0.2, 0.25) is 0 Å². The molecule has 3 heterocycles. The Morgan fingerprint density at radius 3 is 2.90 bits per heavy atom. The van der Waals surface area contributed by atoms with Crippen LogP contribution in [-0.4, -0.2) is 55.6 Å². The lowest BCUT2D eigenvalue weighted by Gasteiger charge is -2.50. The minimum absolute atomic E-state index is 0.000509. The summed E-state index contributed by atoms with van der Waals surface area (Å²) < 4.78 is 11.2. The van der Waals surface area contributed by atoms with Gasteiger partial charge in [0.15, 0.2) is 5.76 Å². The monoisotopic (exact) mass is 413 g/mol. The fourth-order valence-electron chi connectivity index (χ4n) is 6.59. The molecular weight excluding hydrogens is 380 g/mol. The maximum Gasteiger partial charge on any atom is 0.315 e. The highest BCUT2D eigenvalue weighted by Crippen LogP contribution is 2.56. The summed E-state index contributed by atoms with van der Waals surface area (Å²) in [5.74, 6) is 1.19. The smallest absolute Gasteiger partial charge is 0.315 e. The number of quaternary nitrogens is 1. The molecule has 1 amide bonds. The van der Waals surface area contributed by atoms with Gasteiger partial charge < -0.3 is 19.0 Å². The number of allylic oxidation sites excluding steroid dienone is 1. The molecule has 30 heavy (non-hydrogen) atoms. The highest BCUT2D eigenvalue weighted by atomic mass is 16.6. The molecule has 5 atom stereocenters. The second-order valence-corrected chi connectivity index (χ2v) is 10.1. The second-order valence-electron chi connectivity index (χ2n) is 10.1. The molecule has 0 bridgehead atoms. The molecule has 1 N–H and O–H groups in total. The highest BCUT2D eigenvalue weighted by Gasteiger charge is 2.56. The van der Waals surface area contributed by atoms with Crippen molar-refractivity contribution in [3.8, 4) is 0 Å². The maximum atomic E-state index is 12.8. The summed E-state index contributed by atoms with van der Waals surface area (Å²) in [5, 5.41) is 0. The molecular formula is C24H33N2O4+. The molecule has 4 fully saturated rings. The van der Waals surface area contributed by atoms with Crippen LogP contribution in [0.5, 0.6) is 0 Å². The Morgan fingerprint density at radius 2 is 2.17 bits per heavy atom. The van der Waals surface area contributed by atoms with Crippen LogP contribution < -0.4 is 4.90 Å². The molecule has 5 rings (SSSR count). The topological polar surface area (TPSA) is 64.2 Å². The Bertz CT molecular complexity index is 826. The van der Waals surface area contributed by atoms with Gasteiger partial charge in [-0.1, -0.05) is 19.1 Å². The van der Waals surface area contributed by atoms with Crippen LogP contribution in [0.3, 0.4) is 0 Å². The first-order valence-corrected chi connectivity index (χ1v) is 11.5. The van der Waals surface area contributed by atoms with Crippen LogP contribution >= 0.6 is 0 Å². The van der Waals surface area contributed by atoms with Gasteiger partial charge in [-0.25, -0.2) is 0 Å². The van der Waals surface area contributed by atoms with Crippen molar-refractivity contribution in [1.29, 1.82) is 0 Å². The number of carbonyl (C=O) groups is 2. The zero-order chi connectivity index (χ0) is 20.9. The molecule has 2 aliphatic carbocycles. The molecule has 0 unspecified atom stereocenters. The number of fused-ring (bicyclic) bond motifs is 2. The number of carbonyl (C=O) groups excluding carboxylic acids is 2. The predicted molar refractivity (Wildman–Crippen MR) is 111 cm³/mol. The van der Waals surface area contributed by atoms with Crippen LogP contribution in [0.25, 0.3) is 0 Å². The third kappa shape index (κ3) is 3.39. The fraction of sp³-hybridized carbons (Fsp3) is 0.667. The van der Waals surface area contributed by atoms with E-state index in [1.165, 1.54) is 29.6 Å². The van der Waals surface area contributed by atoms with Crippen molar-refractivity contribution in [3.05, 3.63) is 36.3 Å². The lowest BCUT2D eigenvalue weighted by molar-refractivity contribution is -0.906. The van der Waals surface area contributed by atoms with Crippen LogP contribution in [-0.2, 0) is 9.53 Å². The van der Waals surface area contributed by atoms with Gasteiger partial charge in [0, 0.05) is 5.92 Å².